The van der Waals surface area contributed by atoms with E-state index >= 15 is 0 Å². The van der Waals surface area contributed by atoms with Crippen LogP contribution in [0, 0.1) is 6.92 Å². The van der Waals surface area contributed by atoms with Gasteiger partial charge in [-0.3, -0.25) is 9.59 Å². The molecular weight excluding hydrogens is 372 g/mol. The quantitative estimate of drug-likeness (QED) is 0.668. The van der Waals surface area contributed by atoms with Gasteiger partial charge in [-0.15, -0.1) is 0 Å². The number of benzene rings is 3. The van der Waals surface area contributed by atoms with Crippen molar-refractivity contribution in [3.05, 3.63) is 101 Å². The number of nitrogens with one attached hydrogen (secondary N) is 1. The van der Waals surface area contributed by atoms with E-state index in [4.69, 9.17) is 0 Å². The van der Waals surface area contributed by atoms with E-state index in [0.29, 0.717) is 6.42 Å². The zero-order valence-electron chi connectivity index (χ0n) is 17.3. The Bertz CT molecular complexity index is 1050. The van der Waals surface area contributed by atoms with Crippen LogP contribution in [0.4, 0.5) is 5.69 Å². The molecule has 0 unspecified atom stereocenters. The van der Waals surface area contributed by atoms with Crippen LogP contribution in [-0.2, 0) is 9.59 Å². The van der Waals surface area contributed by atoms with Crippen molar-refractivity contribution in [3.63, 3.8) is 0 Å². The first kappa shape index (κ1) is 19.9. The highest BCUT2D eigenvalue weighted by atomic mass is 16.2. The first-order chi connectivity index (χ1) is 14.6. The molecule has 4 nitrogen and oxygen atoms in total. The monoisotopic (exact) mass is 398 g/mol. The minimum Gasteiger partial charge on any atom is -0.324 e. The van der Waals surface area contributed by atoms with Crippen LogP contribution in [0.15, 0.2) is 78.9 Å². The first-order valence-corrected chi connectivity index (χ1v) is 10.4. The molecule has 2 atom stereocenters. The lowest BCUT2D eigenvalue weighted by Crippen LogP contribution is -2.41. The molecule has 4 rings (SSSR count). The van der Waals surface area contributed by atoms with Crippen molar-refractivity contribution < 1.29 is 9.59 Å². The van der Waals surface area contributed by atoms with Gasteiger partial charge in [-0.1, -0.05) is 85.3 Å². The van der Waals surface area contributed by atoms with Crippen molar-refractivity contribution in [1.82, 2.24) is 4.90 Å². The van der Waals surface area contributed by atoms with E-state index in [-0.39, 0.29) is 30.3 Å². The summed E-state index contributed by atoms with van der Waals surface area (Å²) in [4.78, 5) is 28.4. The van der Waals surface area contributed by atoms with E-state index in [1.807, 2.05) is 86.6 Å². The van der Waals surface area contributed by atoms with Gasteiger partial charge in [0.15, 0.2) is 0 Å². The average molecular weight is 399 g/mol. The van der Waals surface area contributed by atoms with E-state index in [2.05, 4.69) is 11.4 Å². The van der Waals surface area contributed by atoms with Crippen LogP contribution >= 0.6 is 0 Å². The number of anilines is 1. The summed E-state index contributed by atoms with van der Waals surface area (Å²) in [5, 5.41) is 3.00. The summed E-state index contributed by atoms with van der Waals surface area (Å²) in [6.07, 6.45) is 0.670. The predicted octanol–water partition coefficient (Wildman–Crippen LogP) is 5.06. The molecular formula is C26H26N2O2. The second-order valence-electron chi connectivity index (χ2n) is 7.79. The first-order valence-electron chi connectivity index (χ1n) is 10.4. The summed E-state index contributed by atoms with van der Waals surface area (Å²) in [7, 11) is 0. The molecule has 0 saturated carbocycles. The molecule has 1 heterocycles. The molecule has 4 heteroatoms. The number of rotatable bonds is 4. The summed E-state index contributed by atoms with van der Waals surface area (Å²) in [5.74, 6) is -0.492. The van der Waals surface area contributed by atoms with Crippen molar-refractivity contribution in [2.45, 2.75) is 32.2 Å². The molecule has 0 fully saturated rings. The zero-order valence-corrected chi connectivity index (χ0v) is 17.3. The average Bonchev–Trinajstić information content (AvgIpc) is 2.91. The van der Waals surface area contributed by atoms with E-state index in [0.717, 1.165) is 27.9 Å². The molecule has 0 aliphatic carbocycles. The topological polar surface area (TPSA) is 49.4 Å². The highest BCUT2D eigenvalue weighted by molar-refractivity contribution is 5.98. The van der Waals surface area contributed by atoms with Gasteiger partial charge in [-0.05, 0) is 30.5 Å². The summed E-state index contributed by atoms with van der Waals surface area (Å²) in [6.45, 7) is 4.07. The summed E-state index contributed by atoms with van der Waals surface area (Å²) in [6, 6.07) is 25.4. The van der Waals surface area contributed by atoms with Crippen LogP contribution in [0.2, 0.25) is 0 Å². The Morgan fingerprint density at radius 2 is 1.70 bits per heavy atom. The molecule has 0 aromatic heterocycles. The van der Waals surface area contributed by atoms with Gasteiger partial charge in [-0.2, -0.15) is 0 Å². The van der Waals surface area contributed by atoms with Crippen LogP contribution in [0.1, 0.15) is 47.6 Å². The molecule has 152 valence electrons. The fourth-order valence-electron chi connectivity index (χ4n) is 4.26. The Morgan fingerprint density at radius 3 is 2.37 bits per heavy atom. The molecule has 0 spiro atoms. The molecule has 0 radical (unpaired) electrons. The maximum absolute atomic E-state index is 13.9. The fourth-order valence-corrected chi connectivity index (χ4v) is 4.26. The number of amides is 2. The van der Waals surface area contributed by atoms with Crippen molar-refractivity contribution in [2.75, 3.05) is 11.9 Å². The maximum atomic E-state index is 13.9. The van der Waals surface area contributed by atoms with E-state index in [1.165, 1.54) is 0 Å². The van der Waals surface area contributed by atoms with E-state index < -0.39 is 0 Å². The van der Waals surface area contributed by atoms with Crippen LogP contribution < -0.4 is 5.32 Å². The van der Waals surface area contributed by atoms with Crippen molar-refractivity contribution in [1.29, 1.82) is 0 Å². The third-order valence-electron chi connectivity index (χ3n) is 5.71. The Balaban J connectivity index is 1.85. The number of fused-ring (bicyclic) bond motifs is 1. The minimum atomic E-state index is -0.328. The summed E-state index contributed by atoms with van der Waals surface area (Å²) >= 11 is 0. The van der Waals surface area contributed by atoms with Gasteiger partial charge in [0.1, 0.15) is 6.54 Å². The van der Waals surface area contributed by atoms with Gasteiger partial charge < -0.3 is 10.2 Å². The lowest BCUT2D eigenvalue weighted by Gasteiger charge is -2.33. The Morgan fingerprint density at radius 1 is 1.03 bits per heavy atom. The summed E-state index contributed by atoms with van der Waals surface area (Å²) in [5.41, 5.74) is 4.78. The third kappa shape index (κ3) is 3.86. The lowest BCUT2D eigenvalue weighted by atomic mass is 9.91. The van der Waals surface area contributed by atoms with Crippen LogP contribution in [0.5, 0.6) is 0 Å². The van der Waals surface area contributed by atoms with Crippen molar-refractivity contribution in [3.8, 4) is 0 Å². The zero-order chi connectivity index (χ0) is 21.1. The normalized spacial score (nSPS) is 16.9. The van der Waals surface area contributed by atoms with E-state index in [1.54, 1.807) is 4.90 Å². The Kier molecular flexibility index (Phi) is 5.66. The molecule has 2 amide bonds. The standard InChI is InChI=1S/C26H26N2O2/c1-3-21(19-10-6-4-7-11-19)26(30)28-17-24(29)27-23-15-14-18(2)16-22(23)25(28)20-12-8-5-9-13-20/h4-16,21,25H,3,17H2,1-2H3,(H,27,29)/t21-,25+/m1/s1. The molecule has 1 aliphatic heterocycles. The number of carbonyl (C=O) groups is 2. The second kappa shape index (κ2) is 8.54. The minimum absolute atomic E-state index is 0.0233. The van der Waals surface area contributed by atoms with Gasteiger partial charge in [0.25, 0.3) is 0 Å². The Hall–Kier alpha value is -3.40. The van der Waals surface area contributed by atoms with Crippen molar-refractivity contribution in [2.24, 2.45) is 0 Å². The molecule has 1 aliphatic rings. The molecule has 0 bridgehead atoms. The van der Waals surface area contributed by atoms with Crippen LogP contribution in [-0.4, -0.2) is 23.3 Å². The highest BCUT2D eigenvalue weighted by Gasteiger charge is 2.36. The Labute approximate surface area is 177 Å². The molecule has 1 N–H and O–H groups in total. The van der Waals surface area contributed by atoms with Gasteiger partial charge in [-0.25, -0.2) is 0 Å². The fraction of sp³-hybridized carbons (Fsp3) is 0.231. The molecule has 0 saturated heterocycles. The van der Waals surface area contributed by atoms with Crippen molar-refractivity contribution >= 4 is 17.5 Å². The summed E-state index contributed by atoms with van der Waals surface area (Å²) < 4.78 is 0. The van der Waals surface area contributed by atoms with Gasteiger partial charge in [0, 0.05) is 11.3 Å². The largest absolute Gasteiger partial charge is 0.324 e. The molecule has 3 aromatic carbocycles. The van der Waals surface area contributed by atoms with Gasteiger partial charge >= 0.3 is 0 Å². The van der Waals surface area contributed by atoms with Gasteiger partial charge in [0.05, 0.1) is 12.0 Å². The van der Waals surface area contributed by atoms with Crippen LogP contribution in [0.3, 0.4) is 0 Å². The smallest absolute Gasteiger partial charge is 0.244 e. The molecule has 30 heavy (non-hydrogen) atoms. The predicted molar refractivity (Wildman–Crippen MR) is 119 cm³/mol. The third-order valence-corrected chi connectivity index (χ3v) is 5.71. The lowest BCUT2D eigenvalue weighted by molar-refractivity contribution is -0.137. The number of aryl methyl sites for hydroxylation is 1. The number of nitrogens with zero attached hydrogens (tertiary/aromatic N) is 1. The maximum Gasteiger partial charge on any atom is 0.244 e. The van der Waals surface area contributed by atoms with Crippen LogP contribution in [0.25, 0.3) is 0 Å². The second-order valence-corrected chi connectivity index (χ2v) is 7.79. The number of carbonyl (C=O) groups excluding carboxylic acids is 2. The highest BCUT2D eigenvalue weighted by Crippen LogP contribution is 2.38. The van der Waals surface area contributed by atoms with Gasteiger partial charge in [0.2, 0.25) is 11.8 Å². The van der Waals surface area contributed by atoms with E-state index in [9.17, 15) is 9.59 Å². The SMILES string of the molecule is CC[C@@H](C(=O)N1CC(=O)Nc2ccc(C)cc2[C@@H]1c1ccccc1)c1ccccc1. The molecule has 3 aromatic rings. The number of hydrogen-bond acceptors (Lipinski definition) is 2. The number of hydrogen-bond donors (Lipinski definition) is 1.